The van der Waals surface area contributed by atoms with Crippen LogP contribution in [0.15, 0.2) is 22.7 Å². The predicted octanol–water partition coefficient (Wildman–Crippen LogP) is 1.11. The second kappa shape index (κ2) is 8.14. The lowest BCUT2D eigenvalue weighted by atomic mass is 10.1. The van der Waals surface area contributed by atoms with Gasteiger partial charge in [-0.3, -0.25) is 4.79 Å². The SMILES string of the molecule is COCCNC(=O)CN(C)c1cc(Br)ccc1CN. The van der Waals surface area contributed by atoms with Crippen molar-refractivity contribution in [1.82, 2.24) is 5.32 Å². The predicted molar refractivity (Wildman–Crippen MR) is 80.2 cm³/mol. The number of nitrogens with two attached hydrogens (primary N) is 1. The van der Waals surface area contributed by atoms with E-state index in [4.69, 9.17) is 10.5 Å². The van der Waals surface area contributed by atoms with Crippen LogP contribution in [0.25, 0.3) is 0 Å². The van der Waals surface area contributed by atoms with Crippen molar-refractivity contribution in [2.75, 3.05) is 38.8 Å². The van der Waals surface area contributed by atoms with E-state index in [1.807, 2.05) is 30.1 Å². The maximum atomic E-state index is 11.7. The van der Waals surface area contributed by atoms with Gasteiger partial charge in [-0.25, -0.2) is 0 Å². The lowest BCUT2D eigenvalue weighted by molar-refractivity contribution is -0.119. The fraction of sp³-hybridized carbons (Fsp3) is 0.462. The van der Waals surface area contributed by atoms with Gasteiger partial charge in [0.05, 0.1) is 13.2 Å². The number of hydrogen-bond acceptors (Lipinski definition) is 4. The van der Waals surface area contributed by atoms with Gasteiger partial charge in [0, 0.05) is 37.4 Å². The van der Waals surface area contributed by atoms with Crippen LogP contribution in [0.2, 0.25) is 0 Å². The molecule has 0 atom stereocenters. The summed E-state index contributed by atoms with van der Waals surface area (Å²) in [6, 6.07) is 5.86. The molecule has 1 amide bonds. The summed E-state index contributed by atoms with van der Waals surface area (Å²) in [5.41, 5.74) is 7.68. The molecule has 3 N–H and O–H groups in total. The van der Waals surface area contributed by atoms with Crippen LogP contribution in [-0.4, -0.2) is 39.8 Å². The van der Waals surface area contributed by atoms with Gasteiger partial charge in [-0.15, -0.1) is 0 Å². The average molecular weight is 330 g/mol. The van der Waals surface area contributed by atoms with Crippen molar-refractivity contribution in [3.63, 3.8) is 0 Å². The van der Waals surface area contributed by atoms with Crippen molar-refractivity contribution in [2.45, 2.75) is 6.54 Å². The monoisotopic (exact) mass is 329 g/mol. The first-order valence-corrected chi connectivity index (χ1v) is 6.83. The molecule has 0 aromatic heterocycles. The third kappa shape index (κ3) is 5.18. The summed E-state index contributed by atoms with van der Waals surface area (Å²) in [5.74, 6) is -0.0394. The molecule has 0 radical (unpaired) electrons. The lowest BCUT2D eigenvalue weighted by Crippen LogP contribution is -2.37. The highest BCUT2D eigenvalue weighted by atomic mass is 79.9. The molecule has 0 fully saturated rings. The van der Waals surface area contributed by atoms with Crippen molar-refractivity contribution in [3.05, 3.63) is 28.2 Å². The molecule has 0 saturated carbocycles. The number of carbonyl (C=O) groups is 1. The maximum Gasteiger partial charge on any atom is 0.239 e. The summed E-state index contributed by atoms with van der Waals surface area (Å²) in [4.78, 5) is 13.6. The summed E-state index contributed by atoms with van der Waals surface area (Å²) in [7, 11) is 3.48. The van der Waals surface area contributed by atoms with Crippen molar-refractivity contribution >= 4 is 27.5 Å². The van der Waals surface area contributed by atoms with E-state index < -0.39 is 0 Å². The Balaban J connectivity index is 2.64. The molecular formula is C13H20BrN3O2. The number of carbonyl (C=O) groups excluding carboxylic acids is 1. The van der Waals surface area contributed by atoms with Crippen LogP contribution in [0.5, 0.6) is 0 Å². The number of nitrogens with one attached hydrogen (secondary N) is 1. The second-order valence-corrected chi connectivity index (χ2v) is 5.09. The van der Waals surface area contributed by atoms with Gasteiger partial charge in [-0.05, 0) is 17.7 Å². The maximum absolute atomic E-state index is 11.7. The molecule has 0 saturated heterocycles. The van der Waals surface area contributed by atoms with Crippen molar-refractivity contribution in [3.8, 4) is 0 Å². The molecule has 0 heterocycles. The molecule has 0 spiro atoms. The topological polar surface area (TPSA) is 67.6 Å². The Hall–Kier alpha value is -1.11. The molecule has 0 bridgehead atoms. The first-order chi connectivity index (χ1) is 9.08. The van der Waals surface area contributed by atoms with Crippen molar-refractivity contribution < 1.29 is 9.53 Å². The molecule has 0 aliphatic heterocycles. The Labute approximate surface area is 122 Å². The number of amides is 1. The number of anilines is 1. The average Bonchev–Trinajstić information content (AvgIpc) is 2.39. The van der Waals surface area contributed by atoms with Gasteiger partial charge in [0.2, 0.25) is 5.91 Å². The van der Waals surface area contributed by atoms with E-state index in [1.54, 1.807) is 7.11 Å². The number of benzene rings is 1. The highest BCUT2D eigenvalue weighted by Crippen LogP contribution is 2.23. The summed E-state index contributed by atoms with van der Waals surface area (Å²) in [6.45, 7) is 1.76. The lowest BCUT2D eigenvalue weighted by Gasteiger charge is -2.22. The molecular weight excluding hydrogens is 310 g/mol. The molecule has 106 valence electrons. The number of ether oxygens (including phenoxy) is 1. The minimum absolute atomic E-state index is 0.0394. The van der Waals surface area contributed by atoms with Crippen LogP contribution in [0, 0.1) is 0 Å². The zero-order valence-corrected chi connectivity index (χ0v) is 12.9. The fourth-order valence-corrected chi connectivity index (χ4v) is 2.06. The van der Waals surface area contributed by atoms with Crippen molar-refractivity contribution in [1.29, 1.82) is 0 Å². The van der Waals surface area contributed by atoms with Gasteiger partial charge in [-0.1, -0.05) is 22.0 Å². The van der Waals surface area contributed by atoms with E-state index in [0.29, 0.717) is 19.7 Å². The van der Waals surface area contributed by atoms with Gasteiger partial charge in [-0.2, -0.15) is 0 Å². The Bertz CT molecular complexity index is 426. The summed E-state index contributed by atoms with van der Waals surface area (Å²) in [5, 5.41) is 2.79. The standard InChI is InChI=1S/C13H20BrN3O2/c1-17(9-13(18)16-5-6-19-2)12-7-11(14)4-3-10(12)8-15/h3-4,7H,5-6,8-9,15H2,1-2H3,(H,16,18). The van der Waals surface area contributed by atoms with E-state index in [1.165, 1.54) is 0 Å². The van der Waals surface area contributed by atoms with Crippen LogP contribution in [0.4, 0.5) is 5.69 Å². The summed E-state index contributed by atoms with van der Waals surface area (Å²) >= 11 is 3.43. The quantitative estimate of drug-likeness (QED) is 0.735. The Morgan fingerprint density at radius 1 is 1.53 bits per heavy atom. The molecule has 1 aromatic rings. The summed E-state index contributed by atoms with van der Waals surface area (Å²) in [6.07, 6.45) is 0. The minimum atomic E-state index is -0.0394. The van der Waals surface area contributed by atoms with E-state index in [9.17, 15) is 4.79 Å². The largest absolute Gasteiger partial charge is 0.383 e. The van der Waals surface area contributed by atoms with Gasteiger partial charge in [0.15, 0.2) is 0 Å². The highest BCUT2D eigenvalue weighted by Gasteiger charge is 2.10. The fourth-order valence-electron chi connectivity index (χ4n) is 1.71. The van der Waals surface area contributed by atoms with Crippen LogP contribution in [-0.2, 0) is 16.1 Å². The van der Waals surface area contributed by atoms with Gasteiger partial charge in [0.1, 0.15) is 0 Å². The van der Waals surface area contributed by atoms with Crippen molar-refractivity contribution in [2.24, 2.45) is 5.73 Å². The first-order valence-electron chi connectivity index (χ1n) is 6.03. The van der Waals surface area contributed by atoms with Gasteiger partial charge >= 0.3 is 0 Å². The van der Waals surface area contributed by atoms with Crippen LogP contribution >= 0.6 is 15.9 Å². The normalized spacial score (nSPS) is 10.3. The van der Waals surface area contributed by atoms with E-state index in [-0.39, 0.29) is 12.5 Å². The van der Waals surface area contributed by atoms with E-state index >= 15 is 0 Å². The Kier molecular flexibility index (Phi) is 6.83. The third-order valence-corrected chi connectivity index (χ3v) is 3.18. The minimum Gasteiger partial charge on any atom is -0.383 e. The molecule has 1 rings (SSSR count). The molecule has 6 heteroatoms. The molecule has 1 aromatic carbocycles. The van der Waals surface area contributed by atoms with Gasteiger partial charge in [0.25, 0.3) is 0 Å². The smallest absolute Gasteiger partial charge is 0.239 e. The molecule has 0 aliphatic rings. The second-order valence-electron chi connectivity index (χ2n) is 4.18. The Morgan fingerprint density at radius 3 is 2.89 bits per heavy atom. The van der Waals surface area contributed by atoms with Gasteiger partial charge < -0.3 is 20.7 Å². The van der Waals surface area contributed by atoms with Crippen LogP contribution < -0.4 is 16.0 Å². The first kappa shape index (κ1) is 15.9. The number of likely N-dealkylation sites (N-methyl/N-ethyl adjacent to an activating group) is 1. The molecule has 0 unspecified atom stereocenters. The number of hydrogen-bond donors (Lipinski definition) is 2. The number of nitrogens with zero attached hydrogens (tertiary/aromatic N) is 1. The zero-order chi connectivity index (χ0) is 14.3. The van der Waals surface area contributed by atoms with Crippen LogP contribution in [0.3, 0.4) is 0 Å². The third-order valence-electron chi connectivity index (χ3n) is 2.69. The number of rotatable bonds is 7. The summed E-state index contributed by atoms with van der Waals surface area (Å²) < 4.78 is 5.85. The molecule has 19 heavy (non-hydrogen) atoms. The molecule has 0 aliphatic carbocycles. The van der Waals surface area contributed by atoms with Crippen LogP contribution in [0.1, 0.15) is 5.56 Å². The number of methoxy groups -OCH3 is 1. The zero-order valence-electron chi connectivity index (χ0n) is 11.3. The number of halogens is 1. The Morgan fingerprint density at radius 2 is 2.26 bits per heavy atom. The highest BCUT2D eigenvalue weighted by molar-refractivity contribution is 9.10. The molecule has 5 nitrogen and oxygen atoms in total. The van der Waals surface area contributed by atoms with E-state index in [2.05, 4.69) is 21.2 Å². The van der Waals surface area contributed by atoms with E-state index in [0.717, 1.165) is 15.7 Å².